The number of piperazine rings is 1. The van der Waals surface area contributed by atoms with Gasteiger partial charge in [0.1, 0.15) is 11.4 Å². The number of nitrogens with zero attached hydrogens (tertiary/aromatic N) is 5. The topological polar surface area (TPSA) is 67.7 Å². The molecule has 186 valence electrons. The van der Waals surface area contributed by atoms with Crippen LogP contribution in [0, 0.1) is 0 Å². The highest BCUT2D eigenvalue weighted by Crippen LogP contribution is 2.37. The molecule has 0 saturated carbocycles. The van der Waals surface area contributed by atoms with Crippen LogP contribution in [-0.4, -0.2) is 66.9 Å². The maximum atomic E-state index is 5.66. The van der Waals surface area contributed by atoms with Crippen molar-refractivity contribution in [3.8, 4) is 22.8 Å². The van der Waals surface area contributed by atoms with Crippen molar-refractivity contribution >= 4 is 34.3 Å². The largest absolute Gasteiger partial charge is 0.495 e. The fraction of sp³-hybridized carbons (Fsp3) is 0.286. The Morgan fingerprint density at radius 3 is 2.47 bits per heavy atom. The lowest BCUT2D eigenvalue weighted by Crippen LogP contribution is -2.44. The molecule has 0 atom stereocenters. The molecule has 4 aromatic rings. The summed E-state index contributed by atoms with van der Waals surface area (Å²) in [5.74, 6) is 1.77. The minimum absolute atomic E-state index is 0.455. The van der Waals surface area contributed by atoms with E-state index < -0.39 is 0 Å². The van der Waals surface area contributed by atoms with Gasteiger partial charge < -0.3 is 29.2 Å². The van der Waals surface area contributed by atoms with Gasteiger partial charge in [-0.2, -0.15) is 0 Å². The maximum absolute atomic E-state index is 5.66. The summed E-state index contributed by atoms with van der Waals surface area (Å²) in [6.45, 7) is 8.07. The van der Waals surface area contributed by atoms with Gasteiger partial charge in [-0.1, -0.05) is 24.8 Å². The Balaban J connectivity index is 1.53. The molecule has 5 rings (SSSR count). The SMILES string of the molecule is C=Cc1ccc(OC)c(Nc2ncc(OC)c(-c3cn(C)c4cc(N5CCN(C)CC5)ccc34)n2)c1. The number of fused-ring (bicyclic) bond motifs is 1. The standard InChI is InChI=1S/C28H32N6O2/c1-6-19-7-10-25(35-4)23(15-19)30-28-29-17-26(36-5)27(31-28)22-18-33(3)24-16-20(8-9-21(22)24)34-13-11-32(2)12-14-34/h6-10,15-18H,1,11-14H2,2-5H3,(H,29,30,31). The Kier molecular flexibility index (Phi) is 6.52. The number of likely N-dealkylation sites (N-methyl/N-ethyl adjacent to an activating group) is 1. The van der Waals surface area contributed by atoms with E-state index in [2.05, 4.69) is 69.7 Å². The third-order valence-electron chi connectivity index (χ3n) is 6.78. The van der Waals surface area contributed by atoms with Crippen molar-refractivity contribution in [1.82, 2.24) is 19.4 Å². The predicted octanol–water partition coefficient (Wildman–Crippen LogP) is 4.79. The summed E-state index contributed by atoms with van der Waals surface area (Å²) in [6, 6.07) is 12.5. The average molecular weight is 485 g/mol. The third-order valence-corrected chi connectivity index (χ3v) is 6.78. The first kappa shape index (κ1) is 23.7. The fourth-order valence-corrected chi connectivity index (χ4v) is 4.67. The lowest BCUT2D eigenvalue weighted by atomic mass is 10.1. The molecular formula is C28H32N6O2. The van der Waals surface area contributed by atoms with E-state index in [1.54, 1.807) is 26.5 Å². The highest BCUT2D eigenvalue weighted by atomic mass is 16.5. The van der Waals surface area contributed by atoms with Gasteiger partial charge in [-0.05, 0) is 36.9 Å². The van der Waals surface area contributed by atoms with Crippen LogP contribution < -0.4 is 19.7 Å². The summed E-state index contributed by atoms with van der Waals surface area (Å²) < 4.78 is 13.3. The van der Waals surface area contributed by atoms with Gasteiger partial charge in [0.25, 0.3) is 0 Å². The first-order valence-corrected chi connectivity index (χ1v) is 12.0. The van der Waals surface area contributed by atoms with Crippen molar-refractivity contribution in [2.75, 3.05) is 57.7 Å². The summed E-state index contributed by atoms with van der Waals surface area (Å²) >= 11 is 0. The first-order valence-electron chi connectivity index (χ1n) is 12.0. The van der Waals surface area contributed by atoms with E-state index in [4.69, 9.17) is 14.5 Å². The molecule has 0 unspecified atom stereocenters. The highest BCUT2D eigenvalue weighted by molar-refractivity contribution is 5.98. The Labute approximate surface area is 211 Å². The molecule has 36 heavy (non-hydrogen) atoms. The molecule has 0 amide bonds. The number of nitrogens with one attached hydrogen (secondary N) is 1. The van der Waals surface area contributed by atoms with Gasteiger partial charge in [0.15, 0.2) is 5.75 Å². The molecular weight excluding hydrogens is 452 g/mol. The maximum Gasteiger partial charge on any atom is 0.228 e. The Bertz CT molecular complexity index is 1400. The molecule has 1 saturated heterocycles. The summed E-state index contributed by atoms with van der Waals surface area (Å²) in [5, 5.41) is 4.42. The number of aromatic nitrogens is 3. The smallest absolute Gasteiger partial charge is 0.228 e. The van der Waals surface area contributed by atoms with Crippen molar-refractivity contribution in [2.45, 2.75) is 0 Å². The fourth-order valence-electron chi connectivity index (χ4n) is 4.67. The first-order chi connectivity index (χ1) is 17.5. The van der Waals surface area contributed by atoms with E-state index in [0.29, 0.717) is 17.4 Å². The Morgan fingerprint density at radius 1 is 0.972 bits per heavy atom. The number of hydrogen-bond acceptors (Lipinski definition) is 7. The van der Waals surface area contributed by atoms with Crippen molar-refractivity contribution in [2.24, 2.45) is 7.05 Å². The molecule has 1 N–H and O–H groups in total. The highest BCUT2D eigenvalue weighted by Gasteiger charge is 2.19. The predicted molar refractivity (Wildman–Crippen MR) is 147 cm³/mol. The molecule has 0 bridgehead atoms. The number of rotatable bonds is 7. The monoisotopic (exact) mass is 484 g/mol. The molecule has 0 radical (unpaired) electrons. The molecule has 3 heterocycles. The van der Waals surface area contributed by atoms with Crippen LogP contribution in [0.15, 0.2) is 55.4 Å². The van der Waals surface area contributed by atoms with Crippen molar-refractivity contribution in [3.63, 3.8) is 0 Å². The van der Waals surface area contributed by atoms with Crippen LogP contribution in [0.3, 0.4) is 0 Å². The molecule has 0 aliphatic carbocycles. The Hall–Kier alpha value is -4.04. The van der Waals surface area contributed by atoms with Crippen LogP contribution in [0.5, 0.6) is 11.5 Å². The van der Waals surface area contributed by atoms with Gasteiger partial charge in [-0.25, -0.2) is 9.97 Å². The van der Waals surface area contributed by atoms with Crippen LogP contribution in [0.4, 0.5) is 17.3 Å². The van der Waals surface area contributed by atoms with E-state index in [1.165, 1.54) is 5.69 Å². The number of anilines is 3. The second-order valence-corrected chi connectivity index (χ2v) is 9.04. The van der Waals surface area contributed by atoms with Crippen molar-refractivity contribution in [3.05, 3.63) is 60.9 Å². The number of aryl methyl sites for hydroxylation is 1. The van der Waals surface area contributed by atoms with E-state index >= 15 is 0 Å². The molecule has 8 heteroatoms. The summed E-state index contributed by atoms with van der Waals surface area (Å²) in [5.41, 5.74) is 5.85. The summed E-state index contributed by atoms with van der Waals surface area (Å²) in [6.07, 6.45) is 5.59. The molecule has 8 nitrogen and oxygen atoms in total. The molecule has 0 spiro atoms. The second-order valence-electron chi connectivity index (χ2n) is 9.04. The molecule has 1 aliphatic rings. The zero-order valence-electron chi connectivity index (χ0n) is 21.3. The van der Waals surface area contributed by atoms with E-state index in [1.807, 2.05) is 18.2 Å². The average Bonchev–Trinajstić information content (AvgIpc) is 3.24. The normalized spacial score (nSPS) is 14.2. The molecule has 2 aromatic heterocycles. The third kappa shape index (κ3) is 4.47. The number of ether oxygens (including phenoxy) is 2. The van der Waals surface area contributed by atoms with Crippen LogP contribution in [0.2, 0.25) is 0 Å². The lowest BCUT2D eigenvalue weighted by molar-refractivity contribution is 0.313. The minimum Gasteiger partial charge on any atom is -0.495 e. The molecule has 1 fully saturated rings. The van der Waals surface area contributed by atoms with E-state index in [0.717, 1.165) is 59.6 Å². The van der Waals surface area contributed by atoms with Gasteiger partial charge in [-0.15, -0.1) is 0 Å². The molecule has 1 aliphatic heterocycles. The van der Waals surface area contributed by atoms with Crippen LogP contribution >= 0.6 is 0 Å². The lowest BCUT2D eigenvalue weighted by Gasteiger charge is -2.34. The number of benzene rings is 2. The zero-order valence-corrected chi connectivity index (χ0v) is 21.3. The summed E-state index contributed by atoms with van der Waals surface area (Å²) in [7, 11) is 7.52. The van der Waals surface area contributed by atoms with Crippen LogP contribution in [-0.2, 0) is 7.05 Å². The minimum atomic E-state index is 0.455. The second kappa shape index (κ2) is 9.91. The van der Waals surface area contributed by atoms with Crippen LogP contribution in [0.1, 0.15) is 5.56 Å². The van der Waals surface area contributed by atoms with E-state index in [-0.39, 0.29) is 0 Å². The van der Waals surface area contributed by atoms with Crippen molar-refractivity contribution < 1.29 is 9.47 Å². The summed E-state index contributed by atoms with van der Waals surface area (Å²) in [4.78, 5) is 14.2. The molecule has 2 aromatic carbocycles. The van der Waals surface area contributed by atoms with Crippen LogP contribution in [0.25, 0.3) is 28.2 Å². The van der Waals surface area contributed by atoms with Gasteiger partial charge in [0.2, 0.25) is 5.95 Å². The number of methoxy groups -OCH3 is 2. The Morgan fingerprint density at radius 2 is 1.75 bits per heavy atom. The zero-order chi connectivity index (χ0) is 25.2. The van der Waals surface area contributed by atoms with E-state index in [9.17, 15) is 0 Å². The van der Waals surface area contributed by atoms with Gasteiger partial charge >= 0.3 is 0 Å². The van der Waals surface area contributed by atoms with Gasteiger partial charge in [0.05, 0.1) is 31.6 Å². The number of hydrogen-bond donors (Lipinski definition) is 1. The van der Waals surface area contributed by atoms with Gasteiger partial charge in [0, 0.05) is 56.1 Å². The van der Waals surface area contributed by atoms with Gasteiger partial charge in [-0.3, -0.25) is 0 Å². The van der Waals surface area contributed by atoms with Crippen molar-refractivity contribution in [1.29, 1.82) is 0 Å². The quantitative estimate of drug-likeness (QED) is 0.404.